The standard InChI is InChI=1S/C92H187N2O11P/c1-7-13-19-25-31-37-40-43-49-55-61-67-79-99-85(70-64-58-52-46-34-28-22-16-10-4)73-76-93-78-83-103-92-89(94-77-74-86(71-65-59-53-47-35-29-23-17-11-5)100-80-68-62-56-50-44-41-38-32-26-20-14-8-2)91(90(88(84-95)104-92)105-106(96,97)98)102-82-75-87(72-66-60-54-48-36-30-24-18-12-6)101-81-69-63-57-51-45-42-39-33-27-21-15-9-3/h85-95H,7-84H2,1-6H3,(H2,96,97,98)/t85-,86-,87-,88-,89-,90-,91-,92-/m1/s1. The second kappa shape index (κ2) is 82.7. The highest BCUT2D eigenvalue weighted by atomic mass is 31.2. The average Bonchev–Trinajstić information content (AvgIpc) is 0.788. The summed E-state index contributed by atoms with van der Waals surface area (Å²) in [5.41, 5.74) is 0. The number of hydrogen-bond donors (Lipinski definition) is 5. The first-order valence-corrected chi connectivity index (χ1v) is 49.2. The third-order valence-electron chi connectivity index (χ3n) is 22.8. The van der Waals surface area contributed by atoms with Crippen LogP contribution < -0.4 is 10.6 Å². The summed E-state index contributed by atoms with van der Waals surface area (Å²) in [7, 11) is -5.08. The van der Waals surface area contributed by atoms with Crippen molar-refractivity contribution in [3.63, 3.8) is 0 Å². The Balaban J connectivity index is 3.40. The lowest BCUT2D eigenvalue weighted by molar-refractivity contribution is -0.275. The molecule has 1 aliphatic rings. The van der Waals surface area contributed by atoms with Gasteiger partial charge in [-0.25, -0.2) is 4.57 Å². The van der Waals surface area contributed by atoms with Crippen molar-refractivity contribution in [2.45, 2.75) is 534 Å². The Morgan fingerprint density at radius 2 is 0.575 bits per heavy atom. The second-order valence-corrected chi connectivity index (χ2v) is 34.3. The minimum absolute atomic E-state index is 0.00929. The number of unbranched alkanes of at least 4 members (excludes halogenated alkanes) is 57. The van der Waals surface area contributed by atoms with Crippen molar-refractivity contribution in [3.8, 4) is 0 Å². The van der Waals surface area contributed by atoms with Crippen molar-refractivity contribution < 1.29 is 52.4 Å². The van der Waals surface area contributed by atoms with Gasteiger partial charge in [-0.15, -0.1) is 0 Å². The van der Waals surface area contributed by atoms with Gasteiger partial charge in [0.25, 0.3) is 0 Å². The van der Waals surface area contributed by atoms with Crippen molar-refractivity contribution in [1.29, 1.82) is 0 Å². The lowest BCUT2D eigenvalue weighted by atomic mass is 9.96. The number of phosphoric ester groups is 1. The number of phosphoric acid groups is 1. The van der Waals surface area contributed by atoms with Gasteiger partial charge in [-0.05, 0) is 70.9 Å². The maximum Gasteiger partial charge on any atom is 0.470 e. The SMILES string of the molecule is CCCCCCCCCCCCCCO[C@H](CCCCCCCCCCC)CCNCCO[C@@H]1O[C@H](CO)[C@@H](OP(=O)(O)O)[C@H](OCC[C@@H](CCCCCCCCCCC)OCCCCCCCCCCCCCC)[C@H]1NCC[C@@H](CCCCCCCCCCC)OCCCCCCCCCCCCCC. The van der Waals surface area contributed by atoms with Crippen LogP contribution in [0.15, 0.2) is 0 Å². The van der Waals surface area contributed by atoms with E-state index in [-0.39, 0.29) is 18.3 Å². The molecule has 0 spiro atoms. The van der Waals surface area contributed by atoms with Crippen molar-refractivity contribution in [2.75, 3.05) is 59.3 Å². The van der Waals surface area contributed by atoms with Gasteiger partial charge in [0.1, 0.15) is 18.3 Å². The molecule has 106 heavy (non-hydrogen) atoms. The van der Waals surface area contributed by atoms with Crippen LogP contribution in [0.2, 0.25) is 0 Å². The number of ether oxygens (including phenoxy) is 6. The van der Waals surface area contributed by atoms with Crippen molar-refractivity contribution in [2.24, 2.45) is 0 Å². The van der Waals surface area contributed by atoms with E-state index in [1.165, 1.54) is 372 Å². The van der Waals surface area contributed by atoms with E-state index in [0.717, 1.165) is 90.6 Å². The smallest absolute Gasteiger partial charge is 0.394 e. The lowest BCUT2D eigenvalue weighted by Crippen LogP contribution is -2.65. The molecule has 1 fully saturated rings. The van der Waals surface area contributed by atoms with Crippen LogP contribution in [0.25, 0.3) is 0 Å². The summed E-state index contributed by atoms with van der Waals surface area (Å²) in [4.78, 5) is 21.2. The van der Waals surface area contributed by atoms with E-state index in [4.69, 9.17) is 32.9 Å². The first-order valence-electron chi connectivity index (χ1n) is 47.7. The van der Waals surface area contributed by atoms with Gasteiger partial charge in [0.2, 0.25) is 0 Å². The van der Waals surface area contributed by atoms with E-state index in [9.17, 15) is 19.5 Å². The normalized spacial score (nSPS) is 17.3. The van der Waals surface area contributed by atoms with Gasteiger partial charge in [-0.3, -0.25) is 4.52 Å². The summed E-state index contributed by atoms with van der Waals surface area (Å²) in [5.74, 6) is 0. The molecule has 1 heterocycles. The highest BCUT2D eigenvalue weighted by Crippen LogP contribution is 2.42. The van der Waals surface area contributed by atoms with Crippen LogP contribution in [0.5, 0.6) is 0 Å². The number of hydrogen-bond acceptors (Lipinski definition) is 11. The van der Waals surface area contributed by atoms with Crippen molar-refractivity contribution >= 4 is 7.82 Å². The molecule has 0 aliphatic carbocycles. The van der Waals surface area contributed by atoms with Crippen molar-refractivity contribution in [3.05, 3.63) is 0 Å². The zero-order chi connectivity index (χ0) is 76.6. The Labute approximate surface area is 660 Å². The Bertz CT molecular complexity index is 1740. The molecule has 636 valence electrons. The fourth-order valence-corrected chi connectivity index (χ4v) is 16.4. The maximum absolute atomic E-state index is 13.0. The molecule has 1 saturated heterocycles. The van der Waals surface area contributed by atoms with E-state index in [2.05, 4.69) is 52.2 Å². The molecular weight excluding hydrogens is 1340 g/mol. The molecule has 1 rings (SSSR count). The van der Waals surface area contributed by atoms with Crippen LogP contribution in [-0.2, 0) is 37.5 Å². The zero-order valence-electron chi connectivity index (χ0n) is 71.8. The third kappa shape index (κ3) is 69.3. The van der Waals surface area contributed by atoms with Gasteiger partial charge in [0, 0.05) is 33.0 Å². The molecule has 0 aromatic carbocycles. The predicted molar refractivity (Wildman–Crippen MR) is 455 cm³/mol. The molecule has 5 N–H and O–H groups in total. The Morgan fingerprint density at radius 3 is 0.868 bits per heavy atom. The predicted octanol–water partition coefficient (Wildman–Crippen LogP) is 27.3. The molecule has 0 aromatic heterocycles. The number of aliphatic hydroxyl groups excluding tert-OH is 1. The first kappa shape index (κ1) is 104. The van der Waals surface area contributed by atoms with E-state index in [1.807, 2.05) is 0 Å². The highest BCUT2D eigenvalue weighted by molar-refractivity contribution is 7.46. The number of rotatable bonds is 90. The zero-order valence-corrected chi connectivity index (χ0v) is 72.7. The fourth-order valence-electron chi connectivity index (χ4n) is 15.8. The monoisotopic (exact) mass is 1530 g/mol. The quantitative estimate of drug-likeness (QED) is 0.0289. The van der Waals surface area contributed by atoms with Gasteiger partial charge < -0.3 is 53.9 Å². The molecule has 0 bridgehead atoms. The largest absolute Gasteiger partial charge is 0.470 e. The van der Waals surface area contributed by atoms with Crippen LogP contribution >= 0.6 is 7.82 Å². The molecule has 0 saturated carbocycles. The molecule has 8 atom stereocenters. The lowest BCUT2D eigenvalue weighted by Gasteiger charge is -2.46. The molecule has 1 aliphatic heterocycles. The van der Waals surface area contributed by atoms with Gasteiger partial charge >= 0.3 is 7.82 Å². The van der Waals surface area contributed by atoms with Crippen LogP contribution in [0, 0.1) is 0 Å². The summed E-state index contributed by atoms with van der Waals surface area (Å²) >= 11 is 0. The summed E-state index contributed by atoms with van der Waals surface area (Å²) < 4.78 is 59.4. The summed E-state index contributed by atoms with van der Waals surface area (Å²) in [6.07, 6.45) is 83.5. The van der Waals surface area contributed by atoms with Crippen LogP contribution in [0.4, 0.5) is 0 Å². The molecule has 0 radical (unpaired) electrons. The fraction of sp³-hybridized carbons (Fsp3) is 1.00. The van der Waals surface area contributed by atoms with Gasteiger partial charge in [0.15, 0.2) is 6.29 Å². The van der Waals surface area contributed by atoms with Gasteiger partial charge in [-0.2, -0.15) is 0 Å². The van der Waals surface area contributed by atoms with Crippen LogP contribution in [-0.4, -0.2) is 123 Å². The van der Waals surface area contributed by atoms with E-state index >= 15 is 0 Å². The van der Waals surface area contributed by atoms with Crippen molar-refractivity contribution in [1.82, 2.24) is 10.6 Å². The third-order valence-corrected chi connectivity index (χ3v) is 23.3. The van der Waals surface area contributed by atoms with Crippen LogP contribution in [0.3, 0.4) is 0 Å². The number of nitrogens with one attached hydrogen (secondary N) is 2. The van der Waals surface area contributed by atoms with E-state index in [0.29, 0.717) is 32.7 Å². The highest BCUT2D eigenvalue weighted by Gasteiger charge is 2.50. The van der Waals surface area contributed by atoms with E-state index < -0.39 is 45.1 Å². The minimum atomic E-state index is -5.08. The Kier molecular flexibility index (Phi) is 81.0. The summed E-state index contributed by atoms with van der Waals surface area (Å²) in [6, 6.07) is -0.670. The van der Waals surface area contributed by atoms with E-state index in [1.54, 1.807) is 0 Å². The van der Waals surface area contributed by atoms with Gasteiger partial charge in [-0.1, -0.05) is 427 Å². The summed E-state index contributed by atoms with van der Waals surface area (Å²) in [5, 5.41) is 18.6. The minimum Gasteiger partial charge on any atom is -0.394 e. The first-order chi connectivity index (χ1) is 52.2. The molecule has 0 unspecified atom stereocenters. The second-order valence-electron chi connectivity index (χ2n) is 33.1. The van der Waals surface area contributed by atoms with Crippen LogP contribution in [0.1, 0.15) is 485 Å². The molecule has 14 heteroatoms. The molecule has 0 aromatic rings. The average molecular weight is 1530 g/mol. The Hall–Kier alpha value is -0.250. The number of aliphatic hydroxyl groups is 1. The topological polar surface area (TPSA) is 166 Å². The summed E-state index contributed by atoms with van der Waals surface area (Å²) in [6.45, 7) is 18.1. The maximum atomic E-state index is 13.0. The molecular formula is C92H187N2O11P. The molecule has 13 nitrogen and oxygen atoms in total. The Morgan fingerprint density at radius 1 is 0.302 bits per heavy atom. The molecule has 0 amide bonds. The van der Waals surface area contributed by atoms with Gasteiger partial charge in [0.05, 0.1) is 37.6 Å².